The molecule has 3 N–H and O–H groups in total. The Balaban J connectivity index is 1.55. The quantitative estimate of drug-likeness (QED) is 0.472. The van der Waals surface area contributed by atoms with Crippen molar-refractivity contribution in [3.05, 3.63) is 65.5 Å². The van der Waals surface area contributed by atoms with E-state index in [0.717, 1.165) is 49.6 Å². The molecule has 0 aromatic heterocycles. The Bertz CT molecular complexity index is 859. The molecule has 1 aliphatic carbocycles. The molecule has 3 rings (SSSR count). The van der Waals surface area contributed by atoms with Crippen molar-refractivity contribution in [2.24, 2.45) is 4.99 Å². The number of carbonyl (C=O) groups excluding carboxylic acids is 1. The lowest BCUT2D eigenvalue weighted by Gasteiger charge is -2.16. The molecule has 0 heterocycles. The van der Waals surface area contributed by atoms with Crippen LogP contribution in [0.25, 0.3) is 0 Å². The Morgan fingerprint density at radius 1 is 1.10 bits per heavy atom. The fourth-order valence-corrected chi connectivity index (χ4v) is 3.41. The molecule has 0 radical (unpaired) electrons. The highest BCUT2D eigenvalue weighted by molar-refractivity contribution is 5.88. The van der Waals surface area contributed by atoms with Gasteiger partial charge in [0, 0.05) is 31.1 Å². The summed E-state index contributed by atoms with van der Waals surface area (Å²) in [7, 11) is 0. The van der Waals surface area contributed by atoms with Crippen molar-refractivity contribution in [1.29, 1.82) is 0 Å². The minimum atomic E-state index is -0.159. The summed E-state index contributed by atoms with van der Waals surface area (Å²) < 4.78 is 14.2. The number of halogens is 1. The predicted molar refractivity (Wildman–Crippen MR) is 116 cm³/mol. The first-order valence-corrected chi connectivity index (χ1v) is 10.2. The number of aliphatic imine (C=N–C) groups is 1. The van der Waals surface area contributed by atoms with E-state index in [4.69, 9.17) is 4.99 Å². The summed E-state index contributed by atoms with van der Waals surface area (Å²) in [4.78, 5) is 15.8. The van der Waals surface area contributed by atoms with E-state index in [1.807, 2.05) is 43.3 Å². The van der Waals surface area contributed by atoms with Crippen LogP contribution in [0.2, 0.25) is 0 Å². The van der Waals surface area contributed by atoms with Crippen LogP contribution in [0.5, 0.6) is 0 Å². The van der Waals surface area contributed by atoms with Gasteiger partial charge in [-0.15, -0.1) is 0 Å². The number of guanidine groups is 1. The Morgan fingerprint density at radius 2 is 1.83 bits per heavy atom. The van der Waals surface area contributed by atoms with Crippen molar-refractivity contribution < 1.29 is 9.18 Å². The second kappa shape index (κ2) is 9.54. The van der Waals surface area contributed by atoms with E-state index in [-0.39, 0.29) is 17.1 Å². The van der Waals surface area contributed by atoms with Crippen LogP contribution in [0.4, 0.5) is 10.1 Å². The number of anilines is 1. The summed E-state index contributed by atoms with van der Waals surface area (Å²) >= 11 is 0. The molecular weight excluding hydrogens is 367 g/mol. The molecule has 0 atom stereocenters. The molecule has 1 amide bonds. The average molecular weight is 397 g/mol. The normalized spacial score (nSPS) is 14.9. The lowest BCUT2D eigenvalue weighted by molar-refractivity contribution is -0.114. The van der Waals surface area contributed by atoms with Crippen LogP contribution in [0.15, 0.2) is 53.5 Å². The number of carbonyl (C=O) groups is 1. The third kappa shape index (κ3) is 5.79. The molecule has 0 spiro atoms. The molecule has 0 bridgehead atoms. The molecule has 1 fully saturated rings. The number of nitrogens with one attached hydrogen (secondary N) is 3. The van der Waals surface area contributed by atoms with E-state index >= 15 is 0 Å². The molecule has 1 saturated carbocycles. The van der Waals surface area contributed by atoms with Crippen molar-refractivity contribution in [2.45, 2.75) is 38.5 Å². The first-order valence-electron chi connectivity index (χ1n) is 10.2. The molecule has 154 valence electrons. The molecule has 29 heavy (non-hydrogen) atoms. The van der Waals surface area contributed by atoms with E-state index in [9.17, 15) is 9.18 Å². The minimum Gasteiger partial charge on any atom is -0.357 e. The molecule has 1 aliphatic rings. The van der Waals surface area contributed by atoms with Crippen LogP contribution in [0.3, 0.4) is 0 Å². The average Bonchev–Trinajstić information content (AvgIpc) is 3.48. The second-order valence-corrected chi connectivity index (χ2v) is 7.51. The molecular formula is C23H29FN4O. The van der Waals surface area contributed by atoms with Gasteiger partial charge in [-0.3, -0.25) is 9.79 Å². The fraction of sp³-hybridized carbons (Fsp3) is 0.391. The van der Waals surface area contributed by atoms with Gasteiger partial charge in [0.15, 0.2) is 5.96 Å². The van der Waals surface area contributed by atoms with Crippen LogP contribution in [-0.4, -0.2) is 31.5 Å². The minimum absolute atomic E-state index is 0.0743. The van der Waals surface area contributed by atoms with Gasteiger partial charge in [0.25, 0.3) is 0 Å². The zero-order chi connectivity index (χ0) is 20.7. The van der Waals surface area contributed by atoms with Crippen LogP contribution in [0, 0.1) is 5.82 Å². The van der Waals surface area contributed by atoms with E-state index in [1.54, 1.807) is 6.07 Å². The highest BCUT2D eigenvalue weighted by Crippen LogP contribution is 2.49. The largest absolute Gasteiger partial charge is 0.357 e. The number of rotatable bonds is 8. The monoisotopic (exact) mass is 396 g/mol. The van der Waals surface area contributed by atoms with Crippen molar-refractivity contribution in [3.8, 4) is 0 Å². The Hall–Kier alpha value is -2.89. The van der Waals surface area contributed by atoms with E-state index < -0.39 is 0 Å². The highest BCUT2D eigenvalue weighted by atomic mass is 19.1. The Morgan fingerprint density at radius 3 is 2.45 bits per heavy atom. The van der Waals surface area contributed by atoms with Gasteiger partial charge < -0.3 is 16.0 Å². The molecule has 0 aliphatic heterocycles. The van der Waals surface area contributed by atoms with E-state index in [0.29, 0.717) is 6.54 Å². The number of benzene rings is 2. The van der Waals surface area contributed by atoms with Crippen molar-refractivity contribution in [1.82, 2.24) is 10.6 Å². The lowest BCUT2D eigenvalue weighted by Crippen LogP contribution is -2.39. The van der Waals surface area contributed by atoms with Crippen molar-refractivity contribution in [3.63, 3.8) is 0 Å². The van der Waals surface area contributed by atoms with Gasteiger partial charge in [0.1, 0.15) is 5.82 Å². The van der Waals surface area contributed by atoms with Crippen LogP contribution in [-0.2, 0) is 16.6 Å². The first-order chi connectivity index (χ1) is 14.0. The van der Waals surface area contributed by atoms with Gasteiger partial charge in [-0.25, -0.2) is 4.39 Å². The molecule has 5 nitrogen and oxygen atoms in total. The van der Waals surface area contributed by atoms with Gasteiger partial charge in [-0.1, -0.05) is 30.3 Å². The number of hydrogen-bond acceptors (Lipinski definition) is 2. The van der Waals surface area contributed by atoms with E-state index in [2.05, 4.69) is 16.0 Å². The lowest BCUT2D eigenvalue weighted by atomic mass is 9.95. The van der Waals surface area contributed by atoms with Crippen molar-refractivity contribution >= 4 is 17.6 Å². The fourth-order valence-electron chi connectivity index (χ4n) is 3.41. The van der Waals surface area contributed by atoms with Crippen LogP contribution >= 0.6 is 0 Å². The maximum atomic E-state index is 14.2. The smallest absolute Gasteiger partial charge is 0.221 e. The first kappa shape index (κ1) is 20.8. The summed E-state index contributed by atoms with van der Waals surface area (Å²) in [5.74, 6) is 0.542. The van der Waals surface area contributed by atoms with Gasteiger partial charge in [0.2, 0.25) is 5.91 Å². The number of amides is 1. The molecule has 2 aromatic carbocycles. The summed E-state index contributed by atoms with van der Waals surface area (Å²) in [6.07, 6.45) is 2.78. The zero-order valence-corrected chi connectivity index (χ0v) is 17.1. The Labute approximate surface area is 171 Å². The highest BCUT2D eigenvalue weighted by Gasteiger charge is 2.45. The molecule has 0 unspecified atom stereocenters. The number of nitrogens with zero attached hydrogens (tertiary/aromatic N) is 1. The van der Waals surface area contributed by atoms with Crippen molar-refractivity contribution in [2.75, 3.05) is 25.0 Å². The SMILES string of the molecule is CCNC(=NCC1(c2ccccc2F)CC1)NCCc1ccc(NC(C)=O)cc1. The molecule has 0 saturated heterocycles. The third-order valence-corrected chi connectivity index (χ3v) is 5.16. The molecule has 2 aromatic rings. The van der Waals surface area contributed by atoms with E-state index in [1.165, 1.54) is 18.6 Å². The summed E-state index contributed by atoms with van der Waals surface area (Å²) in [5.41, 5.74) is 2.59. The van der Waals surface area contributed by atoms with Crippen LogP contribution in [0.1, 0.15) is 37.8 Å². The van der Waals surface area contributed by atoms with Gasteiger partial charge in [-0.05, 0) is 55.5 Å². The Kier molecular flexibility index (Phi) is 6.86. The molecule has 6 heteroatoms. The van der Waals surface area contributed by atoms with Crippen LogP contribution < -0.4 is 16.0 Å². The summed E-state index contributed by atoms with van der Waals surface area (Å²) in [6, 6.07) is 14.9. The maximum Gasteiger partial charge on any atom is 0.221 e. The predicted octanol–water partition coefficient (Wildman–Crippen LogP) is 3.61. The standard InChI is InChI=1S/C23H29FN4O/c1-3-25-22(26-15-12-18-8-10-19(11-9-18)28-17(2)29)27-16-23(13-14-23)20-6-4-5-7-21(20)24/h4-11H,3,12-16H2,1-2H3,(H,28,29)(H2,25,26,27). The number of hydrogen-bond donors (Lipinski definition) is 3. The van der Waals surface area contributed by atoms with Gasteiger partial charge in [0.05, 0.1) is 6.54 Å². The van der Waals surface area contributed by atoms with Gasteiger partial charge >= 0.3 is 0 Å². The maximum absolute atomic E-state index is 14.2. The topological polar surface area (TPSA) is 65.5 Å². The second-order valence-electron chi connectivity index (χ2n) is 7.51. The van der Waals surface area contributed by atoms with Gasteiger partial charge in [-0.2, -0.15) is 0 Å². The third-order valence-electron chi connectivity index (χ3n) is 5.16. The summed E-state index contributed by atoms with van der Waals surface area (Å²) in [5, 5.41) is 9.39. The zero-order valence-electron chi connectivity index (χ0n) is 17.1. The summed E-state index contributed by atoms with van der Waals surface area (Å²) in [6.45, 7) is 5.61.